The molecule has 0 unspecified atom stereocenters. The molecule has 0 bridgehead atoms. The standard InChI is InChI=1S/C11H6BrN3O3/c12-8-6-9(15(16)17)7-2-1-4-14-10(7)11(8)18-5-3-13/h1-2,4,6H,5H2. The molecule has 0 amide bonds. The first-order valence-corrected chi connectivity index (χ1v) is 5.66. The van der Waals surface area contributed by atoms with Crippen molar-refractivity contribution < 1.29 is 9.66 Å². The number of non-ortho nitro benzene ring substituents is 1. The van der Waals surface area contributed by atoms with E-state index in [1.54, 1.807) is 12.1 Å². The van der Waals surface area contributed by atoms with Crippen LogP contribution in [0.2, 0.25) is 0 Å². The third-order valence-corrected chi connectivity index (χ3v) is 2.85. The topological polar surface area (TPSA) is 89.0 Å². The van der Waals surface area contributed by atoms with Gasteiger partial charge < -0.3 is 4.74 Å². The minimum absolute atomic E-state index is 0.0608. The molecular formula is C11H6BrN3O3. The highest BCUT2D eigenvalue weighted by Crippen LogP contribution is 2.38. The summed E-state index contributed by atoms with van der Waals surface area (Å²) in [5, 5.41) is 19.8. The van der Waals surface area contributed by atoms with Gasteiger partial charge >= 0.3 is 0 Å². The first-order valence-electron chi connectivity index (χ1n) is 4.86. The van der Waals surface area contributed by atoms with Gasteiger partial charge in [0.25, 0.3) is 5.69 Å². The van der Waals surface area contributed by atoms with Gasteiger partial charge in [-0.1, -0.05) is 0 Å². The number of benzene rings is 1. The van der Waals surface area contributed by atoms with E-state index in [1.807, 2.05) is 6.07 Å². The van der Waals surface area contributed by atoms with E-state index in [2.05, 4.69) is 20.9 Å². The SMILES string of the molecule is N#CCOc1c(Br)cc([N+](=O)[O-])c2cccnc12. The van der Waals surface area contributed by atoms with Crippen LogP contribution in [-0.4, -0.2) is 16.5 Å². The molecule has 0 aliphatic heterocycles. The lowest BCUT2D eigenvalue weighted by Crippen LogP contribution is -1.98. The van der Waals surface area contributed by atoms with E-state index in [0.717, 1.165) is 0 Å². The van der Waals surface area contributed by atoms with Crippen LogP contribution in [0.15, 0.2) is 28.9 Å². The molecule has 0 saturated heterocycles. The summed E-state index contributed by atoms with van der Waals surface area (Å²) in [5.41, 5.74) is 0.295. The Balaban J connectivity index is 2.74. The molecule has 0 atom stereocenters. The maximum atomic E-state index is 11.0. The second-order valence-electron chi connectivity index (χ2n) is 3.31. The number of halogens is 1. The Morgan fingerprint density at radius 2 is 2.39 bits per heavy atom. The van der Waals surface area contributed by atoms with Gasteiger partial charge in [0.2, 0.25) is 0 Å². The average molecular weight is 308 g/mol. The zero-order valence-electron chi connectivity index (χ0n) is 8.96. The Labute approximate surface area is 110 Å². The summed E-state index contributed by atoms with van der Waals surface area (Å²) >= 11 is 3.19. The molecule has 18 heavy (non-hydrogen) atoms. The highest BCUT2D eigenvalue weighted by atomic mass is 79.9. The van der Waals surface area contributed by atoms with Crippen molar-refractivity contribution >= 4 is 32.5 Å². The quantitative estimate of drug-likeness (QED) is 0.642. The van der Waals surface area contributed by atoms with Gasteiger partial charge in [-0.25, -0.2) is 0 Å². The zero-order valence-corrected chi connectivity index (χ0v) is 10.5. The smallest absolute Gasteiger partial charge is 0.280 e. The number of aromatic nitrogens is 1. The summed E-state index contributed by atoms with van der Waals surface area (Å²) in [6.07, 6.45) is 1.51. The summed E-state index contributed by atoms with van der Waals surface area (Å²) in [5.74, 6) is 0.331. The number of ether oxygens (including phenoxy) is 1. The molecule has 1 heterocycles. The van der Waals surface area contributed by atoms with Gasteiger partial charge in [-0.2, -0.15) is 5.26 Å². The predicted octanol–water partition coefficient (Wildman–Crippen LogP) is 2.81. The van der Waals surface area contributed by atoms with Crippen LogP contribution in [0.25, 0.3) is 10.9 Å². The van der Waals surface area contributed by atoms with Crippen molar-refractivity contribution in [3.8, 4) is 11.8 Å². The maximum Gasteiger partial charge on any atom is 0.280 e. The molecule has 0 aliphatic rings. The highest BCUT2D eigenvalue weighted by Gasteiger charge is 2.19. The van der Waals surface area contributed by atoms with Crippen LogP contribution < -0.4 is 4.74 Å². The number of rotatable bonds is 3. The summed E-state index contributed by atoms with van der Waals surface area (Å²) < 4.78 is 5.64. The molecular weight excluding hydrogens is 302 g/mol. The maximum absolute atomic E-state index is 11.0. The van der Waals surface area contributed by atoms with Crippen LogP contribution in [0.4, 0.5) is 5.69 Å². The second-order valence-corrected chi connectivity index (χ2v) is 4.16. The van der Waals surface area contributed by atoms with E-state index < -0.39 is 4.92 Å². The summed E-state index contributed by atoms with van der Waals surface area (Å²) in [6.45, 7) is -0.151. The third kappa shape index (κ3) is 2.10. The normalized spacial score (nSPS) is 10.0. The van der Waals surface area contributed by atoms with E-state index in [0.29, 0.717) is 21.1 Å². The van der Waals surface area contributed by atoms with Crippen molar-refractivity contribution in [1.82, 2.24) is 4.98 Å². The first kappa shape index (κ1) is 12.3. The molecule has 0 aliphatic carbocycles. The fourth-order valence-electron chi connectivity index (χ4n) is 1.56. The molecule has 6 nitrogen and oxygen atoms in total. The van der Waals surface area contributed by atoms with E-state index in [9.17, 15) is 10.1 Å². The van der Waals surface area contributed by atoms with Crippen molar-refractivity contribution in [2.75, 3.05) is 6.61 Å². The molecule has 2 rings (SSSR count). The first-order chi connectivity index (χ1) is 8.65. The van der Waals surface area contributed by atoms with E-state index in [1.165, 1.54) is 12.3 Å². The number of nitriles is 1. The van der Waals surface area contributed by atoms with Crippen LogP contribution in [0.5, 0.6) is 5.75 Å². The Kier molecular flexibility index (Phi) is 3.39. The fraction of sp³-hybridized carbons (Fsp3) is 0.0909. The van der Waals surface area contributed by atoms with Crippen molar-refractivity contribution in [1.29, 1.82) is 5.26 Å². The molecule has 1 aromatic heterocycles. The van der Waals surface area contributed by atoms with Crippen molar-refractivity contribution in [2.24, 2.45) is 0 Å². The average Bonchev–Trinajstić information content (AvgIpc) is 2.36. The van der Waals surface area contributed by atoms with Crippen molar-refractivity contribution in [3.63, 3.8) is 0 Å². The van der Waals surface area contributed by atoms with Crippen LogP contribution in [0, 0.1) is 21.4 Å². The number of fused-ring (bicyclic) bond motifs is 1. The van der Waals surface area contributed by atoms with Gasteiger partial charge in [0.05, 0.1) is 14.8 Å². The zero-order chi connectivity index (χ0) is 13.1. The lowest BCUT2D eigenvalue weighted by Gasteiger charge is -2.08. The lowest BCUT2D eigenvalue weighted by molar-refractivity contribution is -0.383. The Bertz CT molecular complexity index is 666. The van der Waals surface area contributed by atoms with Gasteiger partial charge in [-0.15, -0.1) is 0 Å². The molecule has 0 spiro atoms. The van der Waals surface area contributed by atoms with Crippen LogP contribution >= 0.6 is 15.9 Å². The minimum Gasteiger partial charge on any atom is -0.475 e. The number of pyridine rings is 1. The monoisotopic (exact) mass is 307 g/mol. The number of nitro groups is 1. The van der Waals surface area contributed by atoms with Crippen LogP contribution in [0.1, 0.15) is 0 Å². The second kappa shape index (κ2) is 4.98. The fourth-order valence-corrected chi connectivity index (χ4v) is 2.08. The third-order valence-electron chi connectivity index (χ3n) is 2.26. The largest absolute Gasteiger partial charge is 0.475 e. The predicted molar refractivity (Wildman–Crippen MR) is 67.2 cm³/mol. The van der Waals surface area contributed by atoms with Crippen molar-refractivity contribution in [3.05, 3.63) is 39.0 Å². The van der Waals surface area contributed by atoms with E-state index in [-0.39, 0.29) is 12.3 Å². The molecule has 0 fully saturated rings. The molecule has 0 radical (unpaired) electrons. The Morgan fingerprint density at radius 3 is 3.06 bits per heavy atom. The molecule has 7 heteroatoms. The molecule has 0 saturated carbocycles. The van der Waals surface area contributed by atoms with Crippen molar-refractivity contribution in [2.45, 2.75) is 0 Å². The summed E-state index contributed by atoms with van der Waals surface area (Å²) in [7, 11) is 0. The highest BCUT2D eigenvalue weighted by molar-refractivity contribution is 9.10. The molecule has 90 valence electrons. The van der Waals surface area contributed by atoms with Gasteiger partial charge in [0.15, 0.2) is 12.4 Å². The molecule has 2 aromatic rings. The van der Waals surface area contributed by atoms with Crippen LogP contribution in [0.3, 0.4) is 0 Å². The number of hydrogen-bond donors (Lipinski definition) is 0. The summed E-state index contributed by atoms with van der Waals surface area (Å²) in [4.78, 5) is 14.5. The molecule has 0 N–H and O–H groups in total. The Morgan fingerprint density at radius 1 is 1.61 bits per heavy atom. The van der Waals surface area contributed by atoms with Gasteiger partial charge in [0.1, 0.15) is 11.6 Å². The van der Waals surface area contributed by atoms with Gasteiger partial charge in [0, 0.05) is 12.3 Å². The minimum atomic E-state index is -0.483. The van der Waals surface area contributed by atoms with E-state index in [4.69, 9.17) is 10.00 Å². The van der Waals surface area contributed by atoms with E-state index >= 15 is 0 Å². The summed E-state index contributed by atoms with van der Waals surface area (Å²) in [6, 6.07) is 6.38. The van der Waals surface area contributed by atoms with Crippen LogP contribution in [-0.2, 0) is 0 Å². The van der Waals surface area contributed by atoms with Gasteiger partial charge in [-0.3, -0.25) is 15.1 Å². The number of nitro benzene ring substituents is 1. The molecule has 1 aromatic carbocycles. The number of hydrogen-bond acceptors (Lipinski definition) is 5. The lowest BCUT2D eigenvalue weighted by atomic mass is 10.1. The number of nitrogens with zero attached hydrogens (tertiary/aromatic N) is 3. The van der Waals surface area contributed by atoms with Gasteiger partial charge in [-0.05, 0) is 28.1 Å². The Hall–Kier alpha value is -2.20.